The quantitative estimate of drug-likeness (QED) is 0.273. The van der Waals surface area contributed by atoms with Crippen LogP contribution in [0.3, 0.4) is 0 Å². The van der Waals surface area contributed by atoms with Crippen molar-refractivity contribution in [1.82, 2.24) is 0 Å². The van der Waals surface area contributed by atoms with Crippen molar-refractivity contribution in [2.75, 3.05) is 6.61 Å². The lowest BCUT2D eigenvalue weighted by Crippen LogP contribution is -2.22. The molecular weight excluding hydrogens is 509 g/mol. The van der Waals surface area contributed by atoms with E-state index in [0.717, 1.165) is 23.4 Å². The van der Waals surface area contributed by atoms with Crippen molar-refractivity contribution in [3.05, 3.63) is 63.9 Å². The lowest BCUT2D eigenvalue weighted by Gasteiger charge is -2.21. The van der Waals surface area contributed by atoms with E-state index >= 15 is 0 Å². The fraction of sp³-hybridized carbons (Fsp3) is 0.519. The van der Waals surface area contributed by atoms with Crippen LogP contribution in [0.2, 0.25) is 0 Å². The van der Waals surface area contributed by atoms with Gasteiger partial charge in [0.15, 0.2) is 0 Å². The van der Waals surface area contributed by atoms with Crippen LogP contribution in [0.4, 0.5) is 13.2 Å². The summed E-state index contributed by atoms with van der Waals surface area (Å²) in [4.78, 5) is 13.6. The Kier molecular flexibility index (Phi) is 10.2. The van der Waals surface area contributed by atoms with Crippen LogP contribution >= 0.6 is 11.3 Å². The summed E-state index contributed by atoms with van der Waals surface area (Å²) in [6.45, 7) is 3.33. The van der Waals surface area contributed by atoms with E-state index in [9.17, 15) is 33.3 Å². The van der Waals surface area contributed by atoms with Gasteiger partial charge in [0.05, 0.1) is 23.9 Å². The van der Waals surface area contributed by atoms with Crippen molar-refractivity contribution in [3.8, 4) is 5.75 Å². The molecule has 0 aliphatic heterocycles. The van der Waals surface area contributed by atoms with Gasteiger partial charge >= 0.3 is 12.1 Å². The molecule has 1 fully saturated rings. The Morgan fingerprint density at radius 1 is 1.19 bits per heavy atom. The van der Waals surface area contributed by atoms with E-state index in [-0.39, 0.29) is 42.7 Å². The van der Waals surface area contributed by atoms with Crippen LogP contribution in [0, 0.1) is 11.8 Å². The molecule has 1 saturated carbocycles. The highest BCUT2D eigenvalue weighted by Gasteiger charge is 2.39. The molecule has 10 heteroatoms. The molecule has 0 spiro atoms. The van der Waals surface area contributed by atoms with Gasteiger partial charge in [0.25, 0.3) is 0 Å². The van der Waals surface area contributed by atoms with Crippen LogP contribution < -0.4 is 4.74 Å². The number of carbonyl (C=O) groups excluding carboxylic acids is 1. The highest BCUT2D eigenvalue weighted by molar-refractivity contribution is 7.13. The number of aliphatic hydroxyl groups excluding tert-OH is 3. The number of esters is 1. The van der Waals surface area contributed by atoms with E-state index in [1.807, 2.05) is 6.07 Å². The second-order valence-corrected chi connectivity index (χ2v) is 10.7. The minimum atomic E-state index is -4.49. The van der Waals surface area contributed by atoms with Crippen molar-refractivity contribution >= 4 is 17.3 Å². The van der Waals surface area contributed by atoms with E-state index in [1.165, 1.54) is 29.5 Å². The first kappa shape index (κ1) is 29.2. The Labute approximate surface area is 218 Å². The maximum Gasteiger partial charge on any atom is 0.416 e. The zero-order valence-electron chi connectivity index (χ0n) is 20.7. The first-order chi connectivity index (χ1) is 17.4. The molecule has 0 unspecified atom stereocenters. The van der Waals surface area contributed by atoms with Gasteiger partial charge in [0, 0.05) is 17.2 Å². The molecule has 1 aromatic carbocycles. The van der Waals surface area contributed by atoms with Gasteiger partial charge < -0.3 is 24.8 Å². The number of hydrogen-bond acceptors (Lipinski definition) is 7. The third-order valence-electron chi connectivity index (χ3n) is 6.22. The molecule has 1 heterocycles. The van der Waals surface area contributed by atoms with Crippen LogP contribution in [-0.2, 0) is 17.3 Å². The molecular formula is C27H33F3O6S. The molecule has 1 aromatic heterocycles. The van der Waals surface area contributed by atoms with Crippen LogP contribution in [0.15, 0.2) is 48.6 Å². The molecule has 37 heavy (non-hydrogen) atoms. The maximum absolute atomic E-state index is 12.8. The number of aryl methyl sites for hydroxylation is 1. The van der Waals surface area contributed by atoms with E-state index in [1.54, 1.807) is 26.0 Å². The van der Waals surface area contributed by atoms with E-state index in [2.05, 4.69) is 0 Å². The molecule has 2 aromatic rings. The van der Waals surface area contributed by atoms with Crippen molar-refractivity contribution in [3.63, 3.8) is 0 Å². The Morgan fingerprint density at radius 2 is 1.95 bits per heavy atom. The van der Waals surface area contributed by atoms with Gasteiger partial charge in [-0.15, -0.1) is 11.3 Å². The third-order valence-corrected chi connectivity index (χ3v) is 7.34. The zero-order chi connectivity index (χ0) is 27.2. The molecule has 1 aliphatic carbocycles. The monoisotopic (exact) mass is 542 g/mol. The Balaban J connectivity index is 1.51. The Hall–Kier alpha value is -2.40. The average molecular weight is 543 g/mol. The molecule has 0 saturated heterocycles. The average Bonchev–Trinajstić information content (AvgIpc) is 3.40. The normalized spacial score (nSPS) is 23.1. The van der Waals surface area contributed by atoms with Gasteiger partial charge in [-0.05, 0) is 69.4 Å². The van der Waals surface area contributed by atoms with Gasteiger partial charge in [-0.1, -0.05) is 18.2 Å². The van der Waals surface area contributed by atoms with Crippen molar-refractivity contribution < 1.29 is 42.8 Å². The lowest BCUT2D eigenvalue weighted by atomic mass is 9.88. The summed E-state index contributed by atoms with van der Waals surface area (Å²) >= 11 is 1.38. The number of aliphatic hydroxyl groups is 3. The summed E-state index contributed by atoms with van der Waals surface area (Å²) in [5.41, 5.74) is -0.838. The molecule has 6 nitrogen and oxygen atoms in total. The minimum Gasteiger partial charge on any atom is -0.491 e. The minimum absolute atomic E-state index is 0.00863. The predicted molar refractivity (Wildman–Crippen MR) is 134 cm³/mol. The number of benzene rings is 1. The lowest BCUT2D eigenvalue weighted by molar-refractivity contribution is -0.137. The van der Waals surface area contributed by atoms with E-state index in [4.69, 9.17) is 9.47 Å². The summed E-state index contributed by atoms with van der Waals surface area (Å²) in [7, 11) is 0. The van der Waals surface area contributed by atoms with Gasteiger partial charge in [-0.3, -0.25) is 0 Å². The highest BCUT2D eigenvalue weighted by Crippen LogP contribution is 2.37. The molecule has 1 aliphatic rings. The fourth-order valence-corrected chi connectivity index (χ4v) is 5.37. The first-order valence-corrected chi connectivity index (χ1v) is 13.1. The Bertz CT molecular complexity index is 1050. The summed E-state index contributed by atoms with van der Waals surface area (Å²) in [6, 6.07) is 8.05. The van der Waals surface area contributed by atoms with E-state index < -0.39 is 30.1 Å². The number of alkyl halides is 3. The molecule has 0 radical (unpaired) electrons. The molecule has 3 N–H and O–H groups in total. The number of thiophene rings is 1. The fourth-order valence-electron chi connectivity index (χ4n) is 4.44. The number of hydrogen-bond donors (Lipinski definition) is 3. The predicted octanol–water partition coefficient (Wildman–Crippen LogP) is 5.01. The molecule has 0 amide bonds. The summed E-state index contributed by atoms with van der Waals surface area (Å²) in [6.07, 6.45) is -1.85. The molecule has 5 atom stereocenters. The number of carbonyl (C=O) groups is 1. The number of ether oxygens (including phenoxy) is 2. The second kappa shape index (κ2) is 12.9. The third kappa shape index (κ3) is 8.56. The highest BCUT2D eigenvalue weighted by atomic mass is 32.1. The number of rotatable bonds is 11. The van der Waals surface area contributed by atoms with Crippen molar-refractivity contribution in [2.24, 2.45) is 11.8 Å². The van der Waals surface area contributed by atoms with Gasteiger partial charge in [0.2, 0.25) is 0 Å². The molecule has 0 bridgehead atoms. The van der Waals surface area contributed by atoms with Crippen LogP contribution in [0.5, 0.6) is 5.75 Å². The van der Waals surface area contributed by atoms with Gasteiger partial charge in [0.1, 0.15) is 23.3 Å². The van der Waals surface area contributed by atoms with Gasteiger partial charge in [-0.25, -0.2) is 4.79 Å². The SMILES string of the molecule is CC(C)OC(=O)c1ccc(CCC[C@@H]2[C@@H](/C=C/[C@@H](O)COc3cccc(C(F)(F)F)c3)[C@H](O)C[C@@H]2O)s1. The van der Waals surface area contributed by atoms with Crippen LogP contribution in [0.1, 0.15) is 53.2 Å². The van der Waals surface area contributed by atoms with Crippen LogP contribution in [0.25, 0.3) is 0 Å². The summed E-state index contributed by atoms with van der Waals surface area (Å²) in [5.74, 6) is -0.946. The first-order valence-electron chi connectivity index (χ1n) is 12.3. The topological polar surface area (TPSA) is 96.2 Å². The number of halogens is 3. The Morgan fingerprint density at radius 3 is 2.65 bits per heavy atom. The van der Waals surface area contributed by atoms with E-state index in [0.29, 0.717) is 17.7 Å². The second-order valence-electron chi connectivity index (χ2n) is 9.51. The zero-order valence-corrected chi connectivity index (χ0v) is 21.5. The molecule has 204 valence electrons. The smallest absolute Gasteiger partial charge is 0.416 e. The molecule has 3 rings (SSSR count). The maximum atomic E-state index is 12.8. The summed E-state index contributed by atoms with van der Waals surface area (Å²) in [5, 5.41) is 31.1. The van der Waals surface area contributed by atoms with Crippen molar-refractivity contribution in [1.29, 1.82) is 0 Å². The summed E-state index contributed by atoms with van der Waals surface area (Å²) < 4.78 is 49.1. The van der Waals surface area contributed by atoms with Crippen LogP contribution in [-0.4, -0.2) is 52.3 Å². The largest absolute Gasteiger partial charge is 0.491 e. The standard InChI is InChI=1S/C27H33F3O6S/c1-16(2)36-26(34)25-12-10-20(37-25)7-4-8-21-22(24(33)14-23(21)32)11-9-18(31)15-35-19-6-3-5-17(13-19)27(28,29)30/h3,5-6,9-13,16,18,21-24,31-33H,4,7-8,14-15H2,1-2H3/b11-9+/t18-,21-,22-,23+,24-/m1/s1. The van der Waals surface area contributed by atoms with Crippen molar-refractivity contribution in [2.45, 2.75) is 70.1 Å². The van der Waals surface area contributed by atoms with Gasteiger partial charge in [-0.2, -0.15) is 13.2 Å².